The molecule has 0 aliphatic carbocycles. The Hall–Kier alpha value is -2.54. The number of thioether (sulfide) groups is 1. The standard InChI is InChI=1S/C13H12F5NOS.C8H4BrF5.C6H11NO3S/c1-12(2)6-9(19-20-12)21-11(13(16,17)18)10-7(14)4-3-5-8(10)15;9-7(8(12,13)14)6-4(10)2-1-3-5(6)11;1-6(2)4-5(7-10-6)11(3,8)9/h3-5,11H,6H2,1-2H3;1-3,7H;4H2,1-3H3. The molecule has 19 heteroatoms. The van der Waals surface area contributed by atoms with Gasteiger partial charge in [0, 0.05) is 30.2 Å². The smallest absolute Gasteiger partial charge is 0.389 e. The molecule has 2 aromatic carbocycles. The highest BCUT2D eigenvalue weighted by Gasteiger charge is 2.47. The Kier molecular flexibility index (Phi) is 12.7. The molecule has 258 valence electrons. The van der Waals surface area contributed by atoms with Crippen LogP contribution in [-0.4, -0.2) is 48.3 Å². The zero-order valence-electron chi connectivity index (χ0n) is 24.5. The van der Waals surface area contributed by atoms with Gasteiger partial charge in [0.05, 0.1) is 0 Å². The zero-order valence-corrected chi connectivity index (χ0v) is 27.8. The van der Waals surface area contributed by atoms with Gasteiger partial charge in [-0.3, -0.25) is 0 Å². The minimum atomic E-state index is -4.82. The van der Waals surface area contributed by atoms with Crippen LogP contribution >= 0.6 is 27.7 Å². The molecular weight excluding hydrogens is 750 g/mol. The summed E-state index contributed by atoms with van der Waals surface area (Å²) in [5.41, 5.74) is -3.20. The molecule has 2 aliphatic rings. The van der Waals surface area contributed by atoms with Gasteiger partial charge in [0.2, 0.25) is 0 Å². The number of nitrogens with zero attached hydrogens (tertiary/aromatic N) is 2. The van der Waals surface area contributed by atoms with Gasteiger partial charge in [0.15, 0.2) is 14.9 Å². The topological polar surface area (TPSA) is 77.3 Å². The molecule has 0 aromatic heterocycles. The van der Waals surface area contributed by atoms with Crippen LogP contribution in [0.2, 0.25) is 0 Å². The van der Waals surface area contributed by atoms with Crippen LogP contribution < -0.4 is 0 Å². The first-order chi connectivity index (χ1) is 20.7. The van der Waals surface area contributed by atoms with Gasteiger partial charge in [-0.1, -0.05) is 50.1 Å². The third-order valence-electron chi connectivity index (χ3n) is 5.72. The lowest BCUT2D eigenvalue weighted by Gasteiger charge is -2.21. The SMILES string of the molecule is CC1(C)CC(S(C)(=O)=O)=NO1.CC1(C)CC(SC(c2c(F)cccc2F)C(F)(F)F)=NO1.Fc1cccc(F)c1C(Br)C(F)(F)F. The van der Waals surface area contributed by atoms with Gasteiger partial charge in [0.25, 0.3) is 0 Å². The maximum atomic E-state index is 13.6. The molecule has 0 N–H and O–H groups in total. The minimum Gasteiger partial charge on any atom is -0.389 e. The molecule has 2 unspecified atom stereocenters. The van der Waals surface area contributed by atoms with E-state index in [4.69, 9.17) is 9.68 Å². The fourth-order valence-corrected chi connectivity index (χ4v) is 6.05. The number of hydrogen-bond donors (Lipinski definition) is 0. The number of alkyl halides is 7. The fourth-order valence-electron chi connectivity index (χ4n) is 3.57. The van der Waals surface area contributed by atoms with E-state index in [9.17, 15) is 52.3 Å². The summed E-state index contributed by atoms with van der Waals surface area (Å²) in [5.74, 6) is -4.90. The highest BCUT2D eigenvalue weighted by Crippen LogP contribution is 2.47. The molecule has 0 radical (unpaired) electrons. The number of halogens is 11. The van der Waals surface area contributed by atoms with Crippen LogP contribution in [0.25, 0.3) is 0 Å². The second kappa shape index (κ2) is 14.7. The summed E-state index contributed by atoms with van der Waals surface area (Å²) in [7, 11) is -3.15. The Morgan fingerprint density at radius 3 is 1.48 bits per heavy atom. The molecule has 0 spiro atoms. The van der Waals surface area contributed by atoms with Gasteiger partial charge in [0.1, 0.15) is 49.6 Å². The molecule has 0 saturated heterocycles. The molecule has 2 aliphatic heterocycles. The summed E-state index contributed by atoms with van der Waals surface area (Å²) in [6.07, 6.45) is -7.88. The molecule has 4 rings (SSSR count). The van der Waals surface area contributed by atoms with E-state index in [0.717, 1.165) is 42.7 Å². The number of rotatable bonds is 3. The van der Waals surface area contributed by atoms with Crippen LogP contribution in [0, 0.1) is 23.3 Å². The van der Waals surface area contributed by atoms with Crippen molar-refractivity contribution < 1.29 is 62.0 Å². The number of oxime groups is 2. The maximum Gasteiger partial charge on any atom is 0.405 e. The Morgan fingerprint density at radius 2 is 1.17 bits per heavy atom. The summed E-state index contributed by atoms with van der Waals surface area (Å²) < 4.78 is 151. The molecule has 2 aromatic rings. The summed E-state index contributed by atoms with van der Waals surface area (Å²) in [6, 6.07) is 5.18. The van der Waals surface area contributed by atoms with E-state index in [2.05, 4.69) is 26.2 Å². The van der Waals surface area contributed by atoms with Crippen LogP contribution in [0.1, 0.15) is 61.7 Å². The summed E-state index contributed by atoms with van der Waals surface area (Å²) in [4.78, 5) is 7.54. The lowest BCUT2D eigenvalue weighted by atomic mass is 10.1. The largest absolute Gasteiger partial charge is 0.405 e. The molecular formula is C27H27BrF10N2O4S2. The Balaban J connectivity index is 0.000000256. The van der Waals surface area contributed by atoms with Crippen LogP contribution in [0.3, 0.4) is 0 Å². The van der Waals surface area contributed by atoms with Crippen molar-refractivity contribution in [1.29, 1.82) is 0 Å². The molecule has 2 atom stereocenters. The van der Waals surface area contributed by atoms with Crippen molar-refractivity contribution in [3.63, 3.8) is 0 Å². The molecule has 2 heterocycles. The Labute approximate surface area is 270 Å². The summed E-state index contributed by atoms with van der Waals surface area (Å²) in [6.45, 7) is 6.93. The minimum absolute atomic E-state index is 0.0602. The van der Waals surface area contributed by atoms with Gasteiger partial charge in [-0.15, -0.1) is 0 Å². The molecule has 6 nitrogen and oxygen atoms in total. The predicted molar refractivity (Wildman–Crippen MR) is 156 cm³/mol. The highest BCUT2D eigenvalue weighted by molar-refractivity contribution is 9.09. The zero-order chi connectivity index (χ0) is 35.5. The van der Waals surface area contributed by atoms with Gasteiger partial charge in [-0.25, -0.2) is 26.0 Å². The van der Waals surface area contributed by atoms with Gasteiger partial charge in [-0.2, -0.15) is 26.3 Å². The van der Waals surface area contributed by atoms with Crippen LogP contribution in [0.4, 0.5) is 43.9 Å². The number of benzene rings is 2. The third-order valence-corrected chi connectivity index (χ3v) is 9.01. The average molecular weight is 778 g/mol. The van der Waals surface area contributed by atoms with Gasteiger partial charge < -0.3 is 9.68 Å². The summed E-state index contributed by atoms with van der Waals surface area (Å²) in [5, 5.41) is 4.89. The van der Waals surface area contributed by atoms with E-state index in [1.165, 1.54) is 0 Å². The number of sulfone groups is 1. The summed E-state index contributed by atoms with van der Waals surface area (Å²) >= 11 is 2.47. The molecule has 0 saturated carbocycles. The van der Waals surface area contributed by atoms with Gasteiger partial charge in [-0.05, 0) is 52.0 Å². The normalized spacial score (nSPS) is 18.4. The maximum absolute atomic E-state index is 13.6. The second-order valence-electron chi connectivity index (χ2n) is 11.0. The van der Waals surface area contributed by atoms with E-state index in [1.807, 2.05) is 0 Å². The van der Waals surface area contributed by atoms with E-state index >= 15 is 0 Å². The Morgan fingerprint density at radius 1 is 0.761 bits per heavy atom. The first-order valence-corrected chi connectivity index (χ1v) is 16.5. The quantitative estimate of drug-likeness (QED) is 0.230. The van der Waals surface area contributed by atoms with E-state index < -0.39 is 77.9 Å². The lowest BCUT2D eigenvalue weighted by molar-refractivity contribution is -0.131. The fraction of sp³-hybridized carbons (Fsp3) is 0.481. The van der Waals surface area contributed by atoms with E-state index in [0.29, 0.717) is 6.42 Å². The van der Waals surface area contributed by atoms with Crippen LogP contribution in [-0.2, 0) is 19.5 Å². The van der Waals surface area contributed by atoms with Crippen LogP contribution in [0.5, 0.6) is 0 Å². The van der Waals surface area contributed by atoms with Crippen molar-refractivity contribution in [3.8, 4) is 0 Å². The highest BCUT2D eigenvalue weighted by atomic mass is 79.9. The van der Waals surface area contributed by atoms with Crippen molar-refractivity contribution in [1.82, 2.24) is 0 Å². The third kappa shape index (κ3) is 11.3. The second-order valence-corrected chi connectivity index (χ2v) is 15.1. The van der Waals surface area contributed by atoms with Gasteiger partial charge >= 0.3 is 12.4 Å². The molecule has 0 bridgehead atoms. The van der Waals surface area contributed by atoms with Crippen molar-refractivity contribution in [2.24, 2.45) is 10.3 Å². The molecule has 46 heavy (non-hydrogen) atoms. The predicted octanol–water partition coefficient (Wildman–Crippen LogP) is 9.32. The molecule has 0 fully saturated rings. The van der Waals surface area contributed by atoms with E-state index in [-0.39, 0.29) is 28.3 Å². The van der Waals surface area contributed by atoms with Crippen molar-refractivity contribution in [2.75, 3.05) is 6.26 Å². The molecule has 0 amide bonds. The van der Waals surface area contributed by atoms with Crippen molar-refractivity contribution >= 4 is 47.6 Å². The van der Waals surface area contributed by atoms with E-state index in [1.54, 1.807) is 27.7 Å². The monoisotopic (exact) mass is 776 g/mol. The average Bonchev–Trinajstić information content (AvgIpc) is 3.43. The first kappa shape index (κ1) is 39.6. The number of hydrogen-bond acceptors (Lipinski definition) is 7. The lowest BCUT2D eigenvalue weighted by Crippen LogP contribution is -2.23. The van der Waals surface area contributed by atoms with Crippen LogP contribution in [0.15, 0.2) is 46.7 Å². The van der Waals surface area contributed by atoms with Crippen molar-refractivity contribution in [2.45, 2.75) is 74.2 Å². The first-order valence-electron chi connectivity index (χ1n) is 12.8. The van der Waals surface area contributed by atoms with Crippen molar-refractivity contribution in [3.05, 3.63) is 70.8 Å². The Bertz CT molecular complexity index is 1520.